The number of carbonyl (C=O) groups excluding carboxylic acids is 2. The van der Waals surface area contributed by atoms with Crippen molar-refractivity contribution in [3.05, 3.63) is 53.1 Å². The minimum absolute atomic E-state index is 0.0127. The fraction of sp³-hybridized carbons (Fsp3) is 0.600. The fourth-order valence-electron chi connectivity index (χ4n) is 6.97. The van der Waals surface area contributed by atoms with Gasteiger partial charge in [0.2, 0.25) is 12.7 Å². The first-order chi connectivity index (χ1) is 22.6. The number of benzene rings is 2. The Labute approximate surface area is 288 Å². The van der Waals surface area contributed by atoms with Gasteiger partial charge in [-0.3, -0.25) is 14.5 Å². The van der Waals surface area contributed by atoms with Gasteiger partial charge in [0.15, 0.2) is 21.3 Å². The monoisotopic (exact) mass is 705 g/mol. The summed E-state index contributed by atoms with van der Waals surface area (Å²) in [5.41, 5.74) is 1.16. The van der Waals surface area contributed by atoms with Crippen molar-refractivity contribution in [3.63, 3.8) is 0 Å². The molecule has 0 unspecified atom stereocenters. The number of nitrogens with one attached hydrogen (secondary N) is 1. The molecule has 0 bridgehead atoms. The first-order valence-electron chi connectivity index (χ1n) is 16.7. The van der Waals surface area contributed by atoms with Crippen molar-refractivity contribution in [1.82, 2.24) is 10.2 Å². The van der Waals surface area contributed by atoms with Crippen molar-refractivity contribution in [2.45, 2.75) is 82.9 Å². The molecule has 3 aliphatic rings. The zero-order valence-corrected chi connectivity index (χ0v) is 29.9. The number of β-amino-alcohol motifs (C(OH)–C–C–N with tert-alkyl or cyclic N) is 1. The van der Waals surface area contributed by atoms with Crippen LogP contribution in [0.25, 0.3) is 0 Å². The smallest absolute Gasteiger partial charge is 0.309 e. The number of aliphatic hydroxyl groups excluding tert-OH is 1. The molecule has 5 rings (SSSR count). The van der Waals surface area contributed by atoms with Crippen LogP contribution < -0.4 is 19.7 Å². The molecule has 3 aliphatic heterocycles. The van der Waals surface area contributed by atoms with Crippen molar-refractivity contribution >= 4 is 39.0 Å². The highest BCUT2D eigenvalue weighted by Crippen LogP contribution is 2.41. The molecule has 2 N–H and O–H groups in total. The zero-order chi connectivity index (χ0) is 34.8. The molecule has 5 atom stereocenters. The molecule has 0 saturated carbocycles. The third-order valence-corrected chi connectivity index (χ3v) is 11.9. The molecule has 2 aromatic rings. The van der Waals surface area contributed by atoms with E-state index in [1.807, 2.05) is 80.8 Å². The number of rotatable bonds is 11. The van der Waals surface area contributed by atoms with Crippen LogP contribution in [0.3, 0.4) is 0 Å². The van der Waals surface area contributed by atoms with Crippen LogP contribution in [-0.4, -0.2) is 98.1 Å². The Morgan fingerprint density at radius 1 is 1.10 bits per heavy atom. The van der Waals surface area contributed by atoms with Crippen LogP contribution in [0.15, 0.2) is 42.5 Å². The topological polar surface area (TPSA) is 135 Å². The highest BCUT2D eigenvalue weighted by atomic mass is 35.5. The van der Waals surface area contributed by atoms with Crippen LogP contribution in [0.5, 0.6) is 11.5 Å². The third-order valence-electron chi connectivity index (χ3n) is 9.13. The Hall–Kier alpha value is -3.06. The molecule has 13 heteroatoms. The fourth-order valence-corrected chi connectivity index (χ4v) is 9.56. The van der Waals surface area contributed by atoms with E-state index < -0.39 is 50.8 Å². The lowest BCUT2D eigenvalue weighted by molar-refractivity contribution is -0.155. The molecule has 0 radical (unpaired) electrons. The van der Waals surface area contributed by atoms with E-state index in [4.69, 9.17) is 25.8 Å². The van der Waals surface area contributed by atoms with Gasteiger partial charge in [0.05, 0.1) is 28.5 Å². The number of aliphatic hydroxyl groups is 1. The zero-order valence-electron chi connectivity index (χ0n) is 28.4. The summed E-state index contributed by atoms with van der Waals surface area (Å²) in [4.78, 5) is 31.4. The quantitative estimate of drug-likeness (QED) is 0.332. The van der Waals surface area contributed by atoms with Gasteiger partial charge < -0.3 is 29.5 Å². The normalized spacial score (nSPS) is 23.6. The second-order valence-corrected chi connectivity index (χ2v) is 17.2. The Balaban J connectivity index is 1.32. The molecule has 264 valence electrons. The van der Waals surface area contributed by atoms with Gasteiger partial charge in [0, 0.05) is 43.9 Å². The molecule has 2 saturated heterocycles. The van der Waals surface area contributed by atoms with Crippen LogP contribution in [0.4, 0.5) is 5.69 Å². The maximum Gasteiger partial charge on any atom is 0.309 e. The van der Waals surface area contributed by atoms with Gasteiger partial charge in [-0.1, -0.05) is 55.8 Å². The lowest BCUT2D eigenvalue weighted by Crippen LogP contribution is -2.62. The number of nitrogens with zero attached hydrogens (tertiary/aromatic N) is 2. The van der Waals surface area contributed by atoms with Crippen LogP contribution in [0, 0.1) is 11.8 Å². The number of sulfone groups is 1. The number of hydrogen-bond acceptors (Lipinski definition) is 10. The molecule has 2 aromatic carbocycles. The average Bonchev–Trinajstić information content (AvgIpc) is 3.58. The van der Waals surface area contributed by atoms with Gasteiger partial charge >= 0.3 is 5.97 Å². The lowest BCUT2D eigenvalue weighted by atomic mass is 9.92. The molecule has 0 aliphatic carbocycles. The first kappa shape index (κ1) is 36.2. The summed E-state index contributed by atoms with van der Waals surface area (Å²) < 4.78 is 42.4. The summed E-state index contributed by atoms with van der Waals surface area (Å²) in [6.07, 6.45) is -1.02. The molecule has 2 fully saturated rings. The van der Waals surface area contributed by atoms with Crippen LogP contribution >= 0.6 is 11.6 Å². The Morgan fingerprint density at radius 3 is 2.46 bits per heavy atom. The summed E-state index contributed by atoms with van der Waals surface area (Å²) >= 11 is 6.64. The van der Waals surface area contributed by atoms with Gasteiger partial charge in [0.1, 0.15) is 17.4 Å². The van der Waals surface area contributed by atoms with E-state index in [0.717, 1.165) is 11.3 Å². The van der Waals surface area contributed by atoms with E-state index in [1.54, 1.807) is 6.07 Å². The number of piperazine rings is 1. The molecule has 48 heavy (non-hydrogen) atoms. The van der Waals surface area contributed by atoms with E-state index in [0.29, 0.717) is 42.6 Å². The largest absolute Gasteiger partial charge is 0.461 e. The van der Waals surface area contributed by atoms with Gasteiger partial charge in [-0.2, -0.15) is 0 Å². The number of ether oxygens (including phenoxy) is 3. The Kier molecular flexibility index (Phi) is 11.2. The van der Waals surface area contributed by atoms with Gasteiger partial charge in [-0.25, -0.2) is 8.42 Å². The predicted octanol–water partition coefficient (Wildman–Crippen LogP) is 3.84. The van der Waals surface area contributed by atoms with E-state index in [1.165, 1.54) is 0 Å². The highest BCUT2D eigenvalue weighted by molar-refractivity contribution is 7.92. The summed E-state index contributed by atoms with van der Waals surface area (Å²) in [6.45, 7) is 11.0. The third kappa shape index (κ3) is 8.74. The standard InChI is InChI=1S/C35H48ClN3O8S/c1-22(2)32-29(11-14-48(32,43)44)47-34(42)24(15-23-9-7-6-8-10-23)16-25(40)19-38-12-13-39(20-28(38)33(41)37-35(3,4)5)27-18-31-30(17-26(27)36)45-21-46-31/h6-10,17-18,22,24-25,28-29,32,40H,11-16,19-21H2,1-5H3,(H,37,41)/t24-,25+,28+,29-,32-/m1/s1. The van der Waals surface area contributed by atoms with Crippen molar-refractivity contribution in [1.29, 1.82) is 0 Å². The number of fused-ring (bicyclic) bond motifs is 1. The number of anilines is 1. The highest BCUT2D eigenvalue weighted by Gasteiger charge is 2.45. The number of hydrogen-bond donors (Lipinski definition) is 2. The van der Waals surface area contributed by atoms with Crippen molar-refractivity contribution in [3.8, 4) is 11.5 Å². The molecule has 3 heterocycles. The van der Waals surface area contributed by atoms with Gasteiger partial charge in [0.25, 0.3) is 0 Å². The van der Waals surface area contributed by atoms with Gasteiger partial charge in [-0.15, -0.1) is 0 Å². The van der Waals surface area contributed by atoms with E-state index in [2.05, 4.69) is 5.32 Å². The van der Waals surface area contributed by atoms with Crippen molar-refractivity contribution < 1.29 is 37.3 Å². The van der Waals surface area contributed by atoms with Crippen molar-refractivity contribution in [2.75, 3.05) is 43.6 Å². The summed E-state index contributed by atoms with van der Waals surface area (Å²) in [5, 5.41) is 14.3. The minimum atomic E-state index is -3.36. The average molecular weight is 706 g/mol. The predicted molar refractivity (Wildman–Crippen MR) is 184 cm³/mol. The Bertz CT molecular complexity index is 1570. The summed E-state index contributed by atoms with van der Waals surface area (Å²) in [7, 11) is -3.36. The number of amides is 1. The van der Waals surface area contributed by atoms with Gasteiger partial charge in [-0.05, 0) is 51.5 Å². The van der Waals surface area contributed by atoms with Crippen LogP contribution in [0.2, 0.25) is 5.02 Å². The number of esters is 1. The van der Waals surface area contributed by atoms with E-state index in [9.17, 15) is 23.1 Å². The molecular weight excluding hydrogens is 658 g/mol. The number of halogens is 1. The lowest BCUT2D eigenvalue weighted by Gasteiger charge is -2.43. The Morgan fingerprint density at radius 2 is 1.79 bits per heavy atom. The van der Waals surface area contributed by atoms with Crippen molar-refractivity contribution in [2.24, 2.45) is 11.8 Å². The second-order valence-electron chi connectivity index (χ2n) is 14.5. The molecule has 11 nitrogen and oxygen atoms in total. The molecule has 0 spiro atoms. The molecule has 0 aromatic heterocycles. The maximum absolute atomic E-state index is 13.7. The molecule has 1 amide bonds. The SMILES string of the molecule is CC(C)[C@@H]1[C@H](OC(=O)[C@H](Cc2ccccc2)C[C@H](O)CN2CCN(c3cc4c(cc3Cl)OCO4)C[C@H]2C(=O)NC(C)(C)C)CCS1(=O)=O. The number of carbonyl (C=O) groups is 2. The summed E-state index contributed by atoms with van der Waals surface area (Å²) in [6, 6.07) is 12.4. The summed E-state index contributed by atoms with van der Waals surface area (Å²) in [5.74, 6) is -0.459. The minimum Gasteiger partial charge on any atom is -0.461 e. The van der Waals surface area contributed by atoms with E-state index >= 15 is 0 Å². The van der Waals surface area contributed by atoms with E-state index in [-0.39, 0.29) is 43.8 Å². The maximum atomic E-state index is 13.7. The van der Waals surface area contributed by atoms with Crippen LogP contribution in [-0.2, 0) is 30.6 Å². The van der Waals surface area contributed by atoms with Crippen LogP contribution in [0.1, 0.15) is 53.0 Å². The second kappa shape index (κ2) is 14.8. The first-order valence-corrected chi connectivity index (χ1v) is 18.7. The molecular formula is C35H48ClN3O8S.